The normalized spacial score (nSPS) is 23.2. The number of hydrogen-bond acceptors (Lipinski definition) is 5. The number of rotatable bonds is 7. The quantitative estimate of drug-likeness (QED) is 0.558. The molecule has 0 radical (unpaired) electrons. The zero-order valence-corrected chi connectivity index (χ0v) is 21.3. The maximum Gasteiger partial charge on any atom is 0.326 e. The summed E-state index contributed by atoms with van der Waals surface area (Å²) in [7, 11) is -3.37. The number of nitrogens with one attached hydrogen (secondary N) is 2. The number of sulfone groups is 1. The molecule has 2 unspecified atom stereocenters. The Morgan fingerprint density at radius 1 is 1.14 bits per heavy atom. The van der Waals surface area contributed by atoms with Crippen molar-refractivity contribution in [1.29, 1.82) is 0 Å². The van der Waals surface area contributed by atoms with Crippen LogP contribution in [0.25, 0.3) is 0 Å². The fraction of sp³-hybridized carbons (Fsp3) is 0.444. The molecule has 0 aromatic heterocycles. The summed E-state index contributed by atoms with van der Waals surface area (Å²) < 4.78 is 23.7. The molecule has 4 amide bonds. The fourth-order valence-electron chi connectivity index (χ4n) is 5.62. The molecule has 0 bridgehead atoms. The lowest BCUT2D eigenvalue weighted by atomic mass is 9.80. The van der Waals surface area contributed by atoms with E-state index in [-0.39, 0.29) is 23.3 Å². The lowest BCUT2D eigenvalue weighted by Crippen LogP contribution is -2.54. The van der Waals surface area contributed by atoms with Gasteiger partial charge in [-0.05, 0) is 67.3 Å². The highest BCUT2D eigenvalue weighted by molar-refractivity contribution is 7.90. The Hall–Kier alpha value is -3.20. The number of fused-ring (bicyclic) bond motifs is 2. The van der Waals surface area contributed by atoms with E-state index in [0.717, 1.165) is 41.5 Å². The van der Waals surface area contributed by atoms with Gasteiger partial charge in [-0.3, -0.25) is 9.59 Å². The number of amides is 4. The van der Waals surface area contributed by atoms with E-state index in [1.54, 1.807) is 12.1 Å². The zero-order chi connectivity index (χ0) is 25.7. The Kier molecular flexibility index (Phi) is 6.14. The maximum absolute atomic E-state index is 13.9. The Labute approximate surface area is 211 Å². The van der Waals surface area contributed by atoms with Gasteiger partial charge in [0.05, 0.1) is 4.90 Å². The van der Waals surface area contributed by atoms with Crippen LogP contribution in [0.1, 0.15) is 49.3 Å². The van der Waals surface area contributed by atoms with E-state index < -0.39 is 33.4 Å². The lowest BCUT2D eigenvalue weighted by molar-refractivity contribution is -0.139. The van der Waals surface area contributed by atoms with Crippen LogP contribution in [0, 0.1) is 5.92 Å². The second-order valence-corrected chi connectivity index (χ2v) is 12.3. The highest BCUT2D eigenvalue weighted by Crippen LogP contribution is 2.42. The van der Waals surface area contributed by atoms with E-state index in [1.165, 1.54) is 12.1 Å². The van der Waals surface area contributed by atoms with Crippen molar-refractivity contribution in [1.82, 2.24) is 15.5 Å². The van der Waals surface area contributed by atoms with Crippen LogP contribution in [0.2, 0.25) is 0 Å². The van der Waals surface area contributed by atoms with Crippen LogP contribution >= 0.6 is 0 Å². The molecule has 2 fully saturated rings. The zero-order valence-electron chi connectivity index (χ0n) is 20.5. The van der Waals surface area contributed by atoms with Crippen molar-refractivity contribution in [2.75, 3.05) is 6.26 Å². The van der Waals surface area contributed by atoms with Gasteiger partial charge in [-0.25, -0.2) is 18.1 Å². The molecule has 1 aliphatic heterocycles. The third-order valence-corrected chi connectivity index (χ3v) is 9.12. The Balaban J connectivity index is 1.46. The van der Waals surface area contributed by atoms with Crippen molar-refractivity contribution < 1.29 is 22.8 Å². The second kappa shape index (κ2) is 9.03. The molecule has 36 heavy (non-hydrogen) atoms. The fourth-order valence-corrected chi connectivity index (χ4v) is 6.25. The predicted molar refractivity (Wildman–Crippen MR) is 134 cm³/mol. The molecule has 2 aromatic rings. The number of carbonyl (C=O) groups is 3. The number of urea groups is 1. The number of imide groups is 1. The topological polar surface area (TPSA) is 113 Å². The standard InChI is InChI=1S/C27H31N3O5S/c1-17(19-7-5-8-19)28-24(31)23(16-18-10-12-21(13-11-18)36(2,34)35)30-25(32)27(29-26(30)33)15-14-20-6-3-4-9-22(20)27/h3-4,6,9-13,17,19,23H,5,7-8,14-16H2,1-2H3,(H,28,31)(H,29,33)/t17-,23?,27?/m0/s1. The van der Waals surface area contributed by atoms with E-state index in [2.05, 4.69) is 10.6 Å². The first kappa shape index (κ1) is 24.5. The lowest BCUT2D eigenvalue weighted by Gasteiger charge is -2.34. The molecule has 2 aliphatic carbocycles. The second-order valence-electron chi connectivity index (χ2n) is 10.3. The van der Waals surface area contributed by atoms with Gasteiger partial charge in [0.2, 0.25) is 5.91 Å². The van der Waals surface area contributed by atoms with Crippen molar-refractivity contribution in [2.24, 2.45) is 5.92 Å². The average Bonchev–Trinajstić information content (AvgIpc) is 3.28. The molecule has 2 aromatic carbocycles. The first-order chi connectivity index (χ1) is 17.1. The summed E-state index contributed by atoms with van der Waals surface area (Å²) in [4.78, 5) is 42.0. The molecular formula is C27H31N3O5S. The number of aryl methyl sites for hydroxylation is 1. The summed E-state index contributed by atoms with van der Waals surface area (Å²) in [5, 5.41) is 5.96. The number of nitrogens with zero attached hydrogens (tertiary/aromatic N) is 1. The molecule has 1 saturated heterocycles. The monoisotopic (exact) mass is 509 g/mol. The van der Waals surface area contributed by atoms with Gasteiger partial charge in [0, 0.05) is 18.7 Å². The molecule has 190 valence electrons. The van der Waals surface area contributed by atoms with Crippen LogP contribution in [0.3, 0.4) is 0 Å². The minimum atomic E-state index is -3.37. The molecule has 9 heteroatoms. The molecule has 1 spiro atoms. The van der Waals surface area contributed by atoms with E-state index in [0.29, 0.717) is 24.3 Å². The molecule has 5 rings (SSSR count). The van der Waals surface area contributed by atoms with Gasteiger partial charge in [0.25, 0.3) is 5.91 Å². The summed E-state index contributed by atoms with van der Waals surface area (Å²) in [6.45, 7) is 1.96. The molecule has 8 nitrogen and oxygen atoms in total. The Morgan fingerprint density at radius 2 is 1.83 bits per heavy atom. The number of carbonyl (C=O) groups excluding carboxylic acids is 3. The van der Waals surface area contributed by atoms with Crippen molar-refractivity contribution >= 4 is 27.7 Å². The molecule has 1 saturated carbocycles. The smallest absolute Gasteiger partial charge is 0.326 e. The highest BCUT2D eigenvalue weighted by Gasteiger charge is 2.57. The van der Waals surface area contributed by atoms with Crippen molar-refractivity contribution in [2.45, 2.75) is 68.0 Å². The van der Waals surface area contributed by atoms with Crippen LogP contribution in [0.5, 0.6) is 0 Å². The van der Waals surface area contributed by atoms with Gasteiger partial charge in [0.15, 0.2) is 9.84 Å². The van der Waals surface area contributed by atoms with Gasteiger partial charge < -0.3 is 10.6 Å². The van der Waals surface area contributed by atoms with E-state index in [4.69, 9.17) is 0 Å². The van der Waals surface area contributed by atoms with Crippen LogP contribution in [0.15, 0.2) is 53.4 Å². The summed E-state index contributed by atoms with van der Waals surface area (Å²) in [5.41, 5.74) is 1.30. The van der Waals surface area contributed by atoms with E-state index in [9.17, 15) is 22.8 Å². The molecule has 1 heterocycles. The van der Waals surface area contributed by atoms with Gasteiger partial charge in [0.1, 0.15) is 11.6 Å². The molecule has 2 N–H and O–H groups in total. The largest absolute Gasteiger partial charge is 0.352 e. The minimum absolute atomic E-state index is 0.0664. The maximum atomic E-state index is 13.9. The SMILES string of the molecule is C[C@H](NC(=O)C(Cc1ccc(S(C)(=O)=O)cc1)N1C(=O)NC2(CCc3ccccc32)C1=O)C1CCC1. The van der Waals surface area contributed by atoms with Crippen molar-refractivity contribution in [3.8, 4) is 0 Å². The summed E-state index contributed by atoms with van der Waals surface area (Å²) in [6.07, 6.45) is 5.55. The van der Waals surface area contributed by atoms with Gasteiger partial charge in [-0.2, -0.15) is 0 Å². The minimum Gasteiger partial charge on any atom is -0.352 e. The Morgan fingerprint density at radius 3 is 2.47 bits per heavy atom. The predicted octanol–water partition coefficient (Wildman–Crippen LogP) is 2.70. The van der Waals surface area contributed by atoms with Crippen molar-refractivity contribution in [3.63, 3.8) is 0 Å². The third kappa shape index (κ3) is 4.19. The summed E-state index contributed by atoms with van der Waals surface area (Å²) >= 11 is 0. The van der Waals surface area contributed by atoms with Crippen molar-refractivity contribution in [3.05, 3.63) is 65.2 Å². The Bertz CT molecular complexity index is 1320. The van der Waals surface area contributed by atoms with Gasteiger partial charge >= 0.3 is 6.03 Å². The van der Waals surface area contributed by atoms with E-state index >= 15 is 0 Å². The van der Waals surface area contributed by atoms with E-state index in [1.807, 2.05) is 31.2 Å². The number of benzene rings is 2. The van der Waals surface area contributed by atoms with Gasteiger partial charge in [-0.15, -0.1) is 0 Å². The van der Waals surface area contributed by atoms with Crippen LogP contribution in [-0.2, 0) is 37.8 Å². The number of hydrogen-bond donors (Lipinski definition) is 2. The summed E-state index contributed by atoms with van der Waals surface area (Å²) in [6, 6.07) is 12.1. The molecule has 3 aliphatic rings. The molecular weight excluding hydrogens is 478 g/mol. The van der Waals surface area contributed by atoms with Crippen LogP contribution in [0.4, 0.5) is 4.79 Å². The first-order valence-corrected chi connectivity index (χ1v) is 14.3. The highest BCUT2D eigenvalue weighted by atomic mass is 32.2. The molecule has 3 atom stereocenters. The summed E-state index contributed by atoms with van der Waals surface area (Å²) in [5.74, 6) is -0.408. The average molecular weight is 510 g/mol. The van der Waals surface area contributed by atoms with Crippen LogP contribution in [-0.4, -0.2) is 49.5 Å². The third-order valence-electron chi connectivity index (χ3n) is 7.99. The van der Waals surface area contributed by atoms with Gasteiger partial charge in [-0.1, -0.05) is 42.8 Å². The first-order valence-electron chi connectivity index (χ1n) is 12.4. The van der Waals surface area contributed by atoms with Crippen LogP contribution < -0.4 is 10.6 Å².